The SMILES string of the molecule is NC(=O)CNC(=O)C1(NC(=O)Cc2ccccc2)CCNCC1. The van der Waals surface area contributed by atoms with Crippen molar-refractivity contribution in [1.82, 2.24) is 16.0 Å². The van der Waals surface area contributed by atoms with Crippen molar-refractivity contribution in [2.45, 2.75) is 24.8 Å². The molecule has 2 rings (SSSR count). The van der Waals surface area contributed by atoms with Gasteiger partial charge >= 0.3 is 0 Å². The maximum Gasteiger partial charge on any atom is 0.246 e. The minimum Gasteiger partial charge on any atom is -0.368 e. The summed E-state index contributed by atoms with van der Waals surface area (Å²) in [6.45, 7) is 1.01. The molecule has 1 heterocycles. The summed E-state index contributed by atoms with van der Waals surface area (Å²) < 4.78 is 0. The first kappa shape index (κ1) is 17.0. The van der Waals surface area contributed by atoms with Crippen molar-refractivity contribution in [1.29, 1.82) is 0 Å². The van der Waals surface area contributed by atoms with Crippen LogP contribution in [0.25, 0.3) is 0 Å². The molecule has 7 nitrogen and oxygen atoms in total. The molecule has 0 aliphatic carbocycles. The lowest BCUT2D eigenvalue weighted by atomic mass is 9.86. The minimum atomic E-state index is -0.993. The molecule has 0 unspecified atom stereocenters. The molecule has 5 N–H and O–H groups in total. The van der Waals surface area contributed by atoms with Crippen molar-refractivity contribution >= 4 is 17.7 Å². The molecule has 0 atom stereocenters. The van der Waals surface area contributed by atoms with Crippen LogP contribution in [0.5, 0.6) is 0 Å². The Hall–Kier alpha value is -2.41. The Labute approximate surface area is 135 Å². The summed E-state index contributed by atoms with van der Waals surface area (Å²) in [7, 11) is 0. The zero-order chi connectivity index (χ0) is 16.7. The van der Waals surface area contributed by atoms with Gasteiger partial charge in [-0.05, 0) is 31.5 Å². The van der Waals surface area contributed by atoms with Gasteiger partial charge in [0.2, 0.25) is 17.7 Å². The fraction of sp³-hybridized carbons (Fsp3) is 0.438. The van der Waals surface area contributed by atoms with Crippen LogP contribution in [-0.4, -0.2) is 42.9 Å². The van der Waals surface area contributed by atoms with E-state index in [-0.39, 0.29) is 24.8 Å². The van der Waals surface area contributed by atoms with E-state index in [1.807, 2.05) is 30.3 Å². The first-order chi connectivity index (χ1) is 11.0. The fourth-order valence-electron chi connectivity index (χ4n) is 2.69. The smallest absolute Gasteiger partial charge is 0.246 e. The predicted molar refractivity (Wildman–Crippen MR) is 85.3 cm³/mol. The number of nitrogens with two attached hydrogens (primary N) is 1. The third kappa shape index (κ3) is 4.79. The number of carbonyl (C=O) groups excluding carboxylic acids is 3. The van der Waals surface area contributed by atoms with Crippen molar-refractivity contribution in [2.24, 2.45) is 5.73 Å². The van der Waals surface area contributed by atoms with Crippen LogP contribution >= 0.6 is 0 Å². The molecule has 0 saturated carbocycles. The standard InChI is InChI=1S/C16H22N4O3/c17-13(21)11-19-15(23)16(6-8-18-9-7-16)20-14(22)10-12-4-2-1-3-5-12/h1-5,18H,6-11H2,(H2,17,21)(H,19,23)(H,20,22). The highest BCUT2D eigenvalue weighted by molar-refractivity contribution is 5.94. The van der Waals surface area contributed by atoms with Gasteiger partial charge in [0, 0.05) is 0 Å². The Morgan fingerprint density at radius 2 is 1.78 bits per heavy atom. The highest BCUT2D eigenvalue weighted by Crippen LogP contribution is 2.19. The van der Waals surface area contributed by atoms with E-state index in [9.17, 15) is 14.4 Å². The van der Waals surface area contributed by atoms with Crippen LogP contribution in [0.15, 0.2) is 30.3 Å². The molecule has 0 spiro atoms. The third-order valence-corrected chi connectivity index (χ3v) is 3.90. The lowest BCUT2D eigenvalue weighted by molar-refractivity contribution is -0.135. The van der Waals surface area contributed by atoms with Crippen LogP contribution in [0, 0.1) is 0 Å². The van der Waals surface area contributed by atoms with Crippen LogP contribution in [-0.2, 0) is 20.8 Å². The van der Waals surface area contributed by atoms with Crippen LogP contribution in [0.4, 0.5) is 0 Å². The lowest BCUT2D eigenvalue weighted by Gasteiger charge is -2.36. The number of amides is 3. The summed E-state index contributed by atoms with van der Waals surface area (Å²) in [6, 6.07) is 9.33. The van der Waals surface area contributed by atoms with E-state index in [4.69, 9.17) is 5.73 Å². The van der Waals surface area contributed by atoms with Gasteiger partial charge in [-0.2, -0.15) is 0 Å². The molecule has 0 aromatic heterocycles. The Balaban J connectivity index is 2.04. The monoisotopic (exact) mass is 318 g/mol. The quantitative estimate of drug-likeness (QED) is 0.542. The molecular weight excluding hydrogens is 296 g/mol. The first-order valence-electron chi connectivity index (χ1n) is 7.64. The van der Waals surface area contributed by atoms with E-state index in [2.05, 4.69) is 16.0 Å². The van der Waals surface area contributed by atoms with Gasteiger partial charge < -0.3 is 21.7 Å². The number of rotatable bonds is 6. The summed E-state index contributed by atoms with van der Waals surface area (Å²) in [5.41, 5.74) is 4.95. The highest BCUT2D eigenvalue weighted by Gasteiger charge is 2.40. The van der Waals surface area contributed by atoms with Crippen molar-refractivity contribution < 1.29 is 14.4 Å². The van der Waals surface area contributed by atoms with E-state index in [0.717, 1.165) is 5.56 Å². The Kier molecular flexibility index (Phi) is 5.70. The van der Waals surface area contributed by atoms with Crippen LogP contribution in [0.3, 0.4) is 0 Å². The van der Waals surface area contributed by atoms with E-state index in [0.29, 0.717) is 25.9 Å². The van der Waals surface area contributed by atoms with E-state index in [1.54, 1.807) is 0 Å². The lowest BCUT2D eigenvalue weighted by Crippen LogP contribution is -2.63. The molecule has 1 saturated heterocycles. The van der Waals surface area contributed by atoms with Crippen molar-refractivity contribution in [3.05, 3.63) is 35.9 Å². The van der Waals surface area contributed by atoms with Crippen LogP contribution in [0.2, 0.25) is 0 Å². The molecular formula is C16H22N4O3. The summed E-state index contributed by atoms with van der Waals surface area (Å²) in [5.74, 6) is -1.19. The van der Waals surface area contributed by atoms with Crippen molar-refractivity contribution in [3.8, 4) is 0 Å². The first-order valence-corrected chi connectivity index (χ1v) is 7.64. The fourth-order valence-corrected chi connectivity index (χ4v) is 2.69. The Morgan fingerprint density at radius 1 is 1.13 bits per heavy atom. The van der Waals surface area contributed by atoms with Crippen molar-refractivity contribution in [2.75, 3.05) is 19.6 Å². The van der Waals surface area contributed by atoms with Gasteiger partial charge in [-0.3, -0.25) is 14.4 Å². The topological polar surface area (TPSA) is 113 Å². The molecule has 3 amide bonds. The number of primary amides is 1. The van der Waals surface area contributed by atoms with Gasteiger partial charge in [-0.15, -0.1) is 0 Å². The maximum atomic E-state index is 12.5. The zero-order valence-electron chi connectivity index (χ0n) is 12.9. The molecule has 1 aromatic rings. The Morgan fingerprint density at radius 3 is 2.39 bits per heavy atom. The second-order valence-electron chi connectivity index (χ2n) is 5.69. The van der Waals surface area contributed by atoms with Gasteiger partial charge in [-0.25, -0.2) is 0 Å². The summed E-state index contributed by atoms with van der Waals surface area (Å²) >= 11 is 0. The normalized spacial score (nSPS) is 16.3. The molecule has 1 fully saturated rings. The van der Waals surface area contributed by atoms with Gasteiger partial charge in [0.05, 0.1) is 13.0 Å². The molecule has 1 aliphatic rings. The summed E-state index contributed by atoms with van der Waals surface area (Å²) in [5, 5.41) is 8.53. The number of hydrogen-bond acceptors (Lipinski definition) is 4. The van der Waals surface area contributed by atoms with E-state index < -0.39 is 11.4 Å². The van der Waals surface area contributed by atoms with Gasteiger partial charge in [0.1, 0.15) is 5.54 Å². The summed E-state index contributed by atoms with van der Waals surface area (Å²) in [4.78, 5) is 35.6. The summed E-state index contributed by atoms with van der Waals surface area (Å²) in [6.07, 6.45) is 1.15. The molecule has 124 valence electrons. The number of hydrogen-bond donors (Lipinski definition) is 4. The average molecular weight is 318 g/mol. The largest absolute Gasteiger partial charge is 0.368 e. The number of carbonyl (C=O) groups is 3. The third-order valence-electron chi connectivity index (χ3n) is 3.90. The second kappa shape index (κ2) is 7.73. The highest BCUT2D eigenvalue weighted by atomic mass is 16.2. The molecule has 0 radical (unpaired) electrons. The van der Waals surface area contributed by atoms with Crippen molar-refractivity contribution in [3.63, 3.8) is 0 Å². The molecule has 7 heteroatoms. The molecule has 1 aliphatic heterocycles. The van der Waals surface area contributed by atoms with Crippen LogP contribution < -0.4 is 21.7 Å². The average Bonchev–Trinajstić information content (AvgIpc) is 2.54. The predicted octanol–water partition coefficient (Wildman–Crippen LogP) is -0.931. The minimum absolute atomic E-state index is 0.207. The van der Waals surface area contributed by atoms with Gasteiger partial charge in [0.25, 0.3) is 0 Å². The van der Waals surface area contributed by atoms with Gasteiger partial charge in [-0.1, -0.05) is 30.3 Å². The molecule has 0 bridgehead atoms. The molecule has 1 aromatic carbocycles. The number of piperidine rings is 1. The van der Waals surface area contributed by atoms with Crippen LogP contribution in [0.1, 0.15) is 18.4 Å². The van der Waals surface area contributed by atoms with Gasteiger partial charge in [0.15, 0.2) is 0 Å². The van der Waals surface area contributed by atoms with E-state index >= 15 is 0 Å². The molecule has 23 heavy (non-hydrogen) atoms. The number of benzene rings is 1. The second-order valence-corrected chi connectivity index (χ2v) is 5.69. The number of nitrogens with one attached hydrogen (secondary N) is 3. The zero-order valence-corrected chi connectivity index (χ0v) is 12.9. The van der Waals surface area contributed by atoms with E-state index in [1.165, 1.54) is 0 Å². The maximum absolute atomic E-state index is 12.5. The Bertz CT molecular complexity index is 568.